The maximum atomic E-state index is 12.4. The highest BCUT2D eigenvalue weighted by atomic mass is 35.5. The summed E-state index contributed by atoms with van der Waals surface area (Å²) < 4.78 is 10.9. The van der Waals surface area contributed by atoms with Crippen molar-refractivity contribution in [3.05, 3.63) is 57.6 Å². The van der Waals surface area contributed by atoms with Gasteiger partial charge >= 0.3 is 0 Å². The summed E-state index contributed by atoms with van der Waals surface area (Å²) in [7, 11) is 0. The van der Waals surface area contributed by atoms with Crippen LogP contribution in [0.5, 0.6) is 11.5 Å². The first-order chi connectivity index (χ1) is 10.1. The van der Waals surface area contributed by atoms with Crippen molar-refractivity contribution >= 4 is 29.0 Å². The van der Waals surface area contributed by atoms with E-state index in [1.165, 1.54) is 0 Å². The van der Waals surface area contributed by atoms with Crippen LogP contribution in [-0.2, 0) is 6.42 Å². The molecule has 0 saturated carbocycles. The molecule has 1 aliphatic rings. The lowest BCUT2D eigenvalue weighted by Gasteiger charge is -2.19. The molecule has 21 heavy (non-hydrogen) atoms. The molecule has 0 spiro atoms. The molecule has 5 heteroatoms. The molecule has 0 radical (unpaired) electrons. The molecule has 0 fully saturated rings. The summed E-state index contributed by atoms with van der Waals surface area (Å²) in [5.74, 6) is 1.05. The van der Waals surface area contributed by atoms with Crippen molar-refractivity contribution in [2.24, 2.45) is 0 Å². The van der Waals surface area contributed by atoms with E-state index in [1.807, 2.05) is 12.1 Å². The van der Waals surface area contributed by atoms with Gasteiger partial charge in [0.25, 0.3) is 0 Å². The lowest BCUT2D eigenvalue weighted by Crippen LogP contribution is -2.16. The van der Waals surface area contributed by atoms with Crippen molar-refractivity contribution in [2.45, 2.75) is 6.42 Å². The number of carbonyl (C=O) groups excluding carboxylic acids is 1. The number of ether oxygens (including phenoxy) is 2. The summed E-state index contributed by atoms with van der Waals surface area (Å²) in [4.78, 5) is 12.4. The number of fused-ring (bicyclic) bond motifs is 1. The predicted molar refractivity (Wildman–Crippen MR) is 81.9 cm³/mol. The summed E-state index contributed by atoms with van der Waals surface area (Å²) >= 11 is 12.1. The van der Waals surface area contributed by atoms with Gasteiger partial charge < -0.3 is 9.47 Å². The maximum absolute atomic E-state index is 12.4. The van der Waals surface area contributed by atoms with Crippen LogP contribution in [0, 0.1) is 0 Å². The third kappa shape index (κ3) is 3.14. The van der Waals surface area contributed by atoms with Crippen molar-refractivity contribution in [1.82, 2.24) is 0 Å². The first-order valence-corrected chi connectivity index (χ1v) is 7.26. The van der Waals surface area contributed by atoms with Crippen molar-refractivity contribution in [3.8, 4) is 11.5 Å². The highest BCUT2D eigenvalue weighted by Gasteiger charge is 2.19. The topological polar surface area (TPSA) is 35.5 Å². The van der Waals surface area contributed by atoms with Crippen LogP contribution in [-0.4, -0.2) is 19.0 Å². The second kappa shape index (κ2) is 5.96. The summed E-state index contributed by atoms with van der Waals surface area (Å²) in [5, 5.41) is 0.972. The largest absolute Gasteiger partial charge is 0.486 e. The average molecular weight is 323 g/mol. The Morgan fingerprint density at radius 2 is 1.76 bits per heavy atom. The van der Waals surface area contributed by atoms with Crippen LogP contribution in [0.25, 0.3) is 0 Å². The minimum Gasteiger partial charge on any atom is -0.486 e. The van der Waals surface area contributed by atoms with E-state index in [1.54, 1.807) is 24.3 Å². The Hall–Kier alpha value is -1.71. The second-order valence-corrected chi connectivity index (χ2v) is 5.55. The van der Waals surface area contributed by atoms with Gasteiger partial charge in [-0.1, -0.05) is 35.3 Å². The molecular weight excluding hydrogens is 311 g/mol. The average Bonchev–Trinajstić information content (AvgIpc) is 2.46. The van der Waals surface area contributed by atoms with Gasteiger partial charge in [-0.2, -0.15) is 0 Å². The number of carbonyl (C=O) groups is 1. The van der Waals surface area contributed by atoms with Crippen LogP contribution in [0.4, 0.5) is 0 Å². The Labute approximate surface area is 132 Å². The lowest BCUT2D eigenvalue weighted by atomic mass is 10.0. The SMILES string of the molecule is O=C(Cc1cccc(Cl)c1)c1cc2c(cc1Cl)OCCO2. The van der Waals surface area contributed by atoms with Gasteiger partial charge in [0.2, 0.25) is 0 Å². The zero-order valence-corrected chi connectivity index (χ0v) is 12.6. The molecular formula is C16H12Cl2O3. The fourth-order valence-corrected chi connectivity index (χ4v) is 2.68. The number of ketones is 1. The van der Waals surface area contributed by atoms with E-state index in [0.29, 0.717) is 40.3 Å². The fraction of sp³-hybridized carbons (Fsp3) is 0.188. The Balaban J connectivity index is 1.87. The highest BCUT2D eigenvalue weighted by Crippen LogP contribution is 2.35. The van der Waals surface area contributed by atoms with Crippen LogP contribution in [0.3, 0.4) is 0 Å². The number of rotatable bonds is 3. The zero-order valence-electron chi connectivity index (χ0n) is 11.1. The van der Waals surface area contributed by atoms with Crippen molar-refractivity contribution in [3.63, 3.8) is 0 Å². The molecule has 0 saturated heterocycles. The van der Waals surface area contributed by atoms with Gasteiger partial charge in [0.1, 0.15) is 13.2 Å². The summed E-state index contributed by atoms with van der Waals surface area (Å²) in [6, 6.07) is 10.5. The van der Waals surface area contributed by atoms with E-state index >= 15 is 0 Å². The molecule has 1 heterocycles. The molecule has 0 bridgehead atoms. The van der Waals surface area contributed by atoms with E-state index in [9.17, 15) is 4.79 Å². The van der Waals surface area contributed by atoms with Gasteiger partial charge in [-0.25, -0.2) is 0 Å². The predicted octanol–water partition coefficient (Wildman–Crippen LogP) is 4.19. The molecule has 0 aliphatic carbocycles. The van der Waals surface area contributed by atoms with Crippen LogP contribution < -0.4 is 9.47 Å². The minimum atomic E-state index is -0.0840. The van der Waals surface area contributed by atoms with Crippen LogP contribution in [0.2, 0.25) is 10.0 Å². The van der Waals surface area contributed by atoms with Gasteiger partial charge in [-0.15, -0.1) is 0 Å². The smallest absolute Gasteiger partial charge is 0.168 e. The Morgan fingerprint density at radius 3 is 2.48 bits per heavy atom. The normalized spacial score (nSPS) is 13.0. The Bertz CT molecular complexity index is 698. The van der Waals surface area contributed by atoms with Gasteiger partial charge in [0, 0.05) is 23.1 Å². The summed E-state index contributed by atoms with van der Waals surface area (Å²) in [6.07, 6.45) is 0.236. The maximum Gasteiger partial charge on any atom is 0.168 e. The minimum absolute atomic E-state index is 0.0840. The molecule has 1 aliphatic heterocycles. The number of hydrogen-bond donors (Lipinski definition) is 0. The molecule has 108 valence electrons. The number of hydrogen-bond acceptors (Lipinski definition) is 3. The number of benzene rings is 2. The third-order valence-electron chi connectivity index (χ3n) is 3.19. The molecule has 0 amide bonds. The summed E-state index contributed by atoms with van der Waals surface area (Å²) in [5.41, 5.74) is 1.28. The van der Waals surface area contributed by atoms with Crippen LogP contribution in [0.1, 0.15) is 15.9 Å². The highest BCUT2D eigenvalue weighted by molar-refractivity contribution is 6.34. The Kier molecular flexibility index (Phi) is 4.04. The third-order valence-corrected chi connectivity index (χ3v) is 3.73. The molecule has 0 unspecified atom stereocenters. The van der Waals surface area contributed by atoms with E-state index in [-0.39, 0.29) is 12.2 Å². The van der Waals surface area contributed by atoms with E-state index in [2.05, 4.69) is 0 Å². The number of Topliss-reactive ketones (excluding diaryl/α,β-unsaturated/α-hetero) is 1. The van der Waals surface area contributed by atoms with Crippen molar-refractivity contribution < 1.29 is 14.3 Å². The lowest BCUT2D eigenvalue weighted by molar-refractivity contribution is 0.0992. The molecule has 0 aromatic heterocycles. The zero-order chi connectivity index (χ0) is 14.8. The molecule has 2 aromatic carbocycles. The van der Waals surface area contributed by atoms with E-state index in [0.717, 1.165) is 5.56 Å². The Morgan fingerprint density at radius 1 is 1.05 bits per heavy atom. The van der Waals surface area contributed by atoms with Gasteiger partial charge in [-0.05, 0) is 23.8 Å². The van der Waals surface area contributed by atoms with Crippen molar-refractivity contribution in [1.29, 1.82) is 0 Å². The van der Waals surface area contributed by atoms with Gasteiger partial charge in [0.15, 0.2) is 17.3 Å². The van der Waals surface area contributed by atoms with Crippen LogP contribution >= 0.6 is 23.2 Å². The molecule has 3 nitrogen and oxygen atoms in total. The van der Waals surface area contributed by atoms with Gasteiger partial charge in [-0.3, -0.25) is 4.79 Å². The summed E-state index contributed by atoms with van der Waals surface area (Å²) in [6.45, 7) is 0.954. The molecule has 0 N–H and O–H groups in total. The molecule has 2 aromatic rings. The van der Waals surface area contributed by atoms with Crippen LogP contribution in [0.15, 0.2) is 36.4 Å². The second-order valence-electron chi connectivity index (χ2n) is 4.71. The first-order valence-electron chi connectivity index (χ1n) is 6.50. The fourth-order valence-electron chi connectivity index (χ4n) is 2.21. The monoisotopic (exact) mass is 322 g/mol. The molecule has 0 atom stereocenters. The molecule has 3 rings (SSSR count). The van der Waals surface area contributed by atoms with E-state index < -0.39 is 0 Å². The quantitative estimate of drug-likeness (QED) is 0.795. The van der Waals surface area contributed by atoms with Gasteiger partial charge in [0.05, 0.1) is 5.02 Å². The van der Waals surface area contributed by atoms with E-state index in [4.69, 9.17) is 32.7 Å². The number of halogens is 2. The van der Waals surface area contributed by atoms with Crippen molar-refractivity contribution in [2.75, 3.05) is 13.2 Å². The first kappa shape index (κ1) is 14.2. The standard InChI is InChI=1S/C16H12Cl2O3/c17-11-3-1-2-10(6-11)7-14(19)12-8-15-16(9-13(12)18)21-5-4-20-15/h1-3,6,8-9H,4-5,7H2.